The Bertz CT molecular complexity index is 603. The summed E-state index contributed by atoms with van der Waals surface area (Å²) in [6, 6.07) is 5.42. The van der Waals surface area contributed by atoms with Crippen molar-refractivity contribution in [3.8, 4) is 11.3 Å². The van der Waals surface area contributed by atoms with Crippen LogP contribution >= 0.6 is 23.2 Å². The Kier molecular flexibility index (Phi) is 4.07. The third-order valence-electron chi connectivity index (χ3n) is 2.99. The van der Waals surface area contributed by atoms with Gasteiger partial charge in [0.05, 0.1) is 10.7 Å². The van der Waals surface area contributed by atoms with Crippen LogP contribution in [0.2, 0.25) is 10.0 Å². The Morgan fingerprint density at radius 2 is 2.00 bits per heavy atom. The van der Waals surface area contributed by atoms with Gasteiger partial charge in [0, 0.05) is 23.2 Å². The zero-order chi connectivity index (χ0) is 14.2. The summed E-state index contributed by atoms with van der Waals surface area (Å²) in [4.78, 5) is 0. The molecule has 0 aliphatic rings. The van der Waals surface area contributed by atoms with Crippen molar-refractivity contribution in [2.75, 3.05) is 5.73 Å². The number of hydrogen-bond donors (Lipinski definition) is 1. The van der Waals surface area contributed by atoms with E-state index in [1.165, 1.54) is 0 Å². The number of nitrogens with zero attached hydrogens (tertiary/aromatic N) is 2. The van der Waals surface area contributed by atoms with Gasteiger partial charge >= 0.3 is 0 Å². The molecule has 0 aliphatic heterocycles. The van der Waals surface area contributed by atoms with Crippen molar-refractivity contribution in [1.82, 2.24) is 9.78 Å². The summed E-state index contributed by atoms with van der Waals surface area (Å²) in [5, 5.41) is 5.70. The lowest BCUT2D eigenvalue weighted by Crippen LogP contribution is -2.02. The Hall–Kier alpha value is -1.19. The molecule has 19 heavy (non-hydrogen) atoms. The lowest BCUT2D eigenvalue weighted by atomic mass is 9.99. The highest BCUT2D eigenvalue weighted by atomic mass is 35.5. The average Bonchev–Trinajstić information content (AvgIpc) is 2.57. The van der Waals surface area contributed by atoms with Crippen molar-refractivity contribution in [2.24, 2.45) is 13.0 Å². The maximum atomic E-state index is 6.26. The third kappa shape index (κ3) is 2.88. The van der Waals surface area contributed by atoms with Gasteiger partial charge in [-0.3, -0.25) is 4.68 Å². The topological polar surface area (TPSA) is 43.8 Å². The van der Waals surface area contributed by atoms with Gasteiger partial charge in [-0.25, -0.2) is 0 Å². The number of nitrogen functional groups attached to an aromatic ring is 1. The van der Waals surface area contributed by atoms with Crippen LogP contribution in [0, 0.1) is 5.92 Å². The zero-order valence-corrected chi connectivity index (χ0v) is 12.8. The van der Waals surface area contributed by atoms with Gasteiger partial charge in [0.1, 0.15) is 5.82 Å². The fourth-order valence-electron chi connectivity index (χ4n) is 2.09. The van der Waals surface area contributed by atoms with Crippen LogP contribution < -0.4 is 5.73 Å². The monoisotopic (exact) mass is 297 g/mol. The molecule has 0 unspecified atom stereocenters. The highest BCUT2D eigenvalue weighted by molar-refractivity contribution is 6.36. The van der Waals surface area contributed by atoms with E-state index >= 15 is 0 Å². The largest absolute Gasteiger partial charge is 0.384 e. The number of halogens is 2. The number of benzene rings is 1. The standard InChI is InChI=1S/C14H17Cl2N3/c1-8(2)6-11-13(18-19(3)14(11)17)10-5-4-9(15)7-12(10)16/h4-5,7-8H,6,17H2,1-3H3. The second-order valence-electron chi connectivity index (χ2n) is 5.06. The summed E-state index contributed by atoms with van der Waals surface area (Å²) >= 11 is 12.2. The highest BCUT2D eigenvalue weighted by Gasteiger charge is 2.18. The molecule has 1 aromatic heterocycles. The first-order valence-electron chi connectivity index (χ1n) is 6.17. The first kappa shape index (κ1) is 14.2. The molecule has 5 heteroatoms. The van der Waals surface area contributed by atoms with Gasteiger partial charge in [-0.2, -0.15) is 5.10 Å². The first-order valence-corrected chi connectivity index (χ1v) is 6.92. The molecule has 1 aromatic carbocycles. The predicted molar refractivity (Wildman–Crippen MR) is 81.6 cm³/mol. The minimum atomic E-state index is 0.497. The molecule has 0 bridgehead atoms. The maximum absolute atomic E-state index is 6.26. The Morgan fingerprint density at radius 3 is 2.58 bits per heavy atom. The molecule has 102 valence electrons. The van der Waals surface area contributed by atoms with Gasteiger partial charge in [0.2, 0.25) is 0 Å². The van der Waals surface area contributed by atoms with E-state index < -0.39 is 0 Å². The Balaban J connectivity index is 2.58. The summed E-state index contributed by atoms with van der Waals surface area (Å²) in [7, 11) is 1.84. The second-order valence-corrected chi connectivity index (χ2v) is 5.90. The average molecular weight is 298 g/mol. The van der Waals surface area contributed by atoms with Crippen molar-refractivity contribution in [3.05, 3.63) is 33.8 Å². The molecule has 0 aliphatic carbocycles. The highest BCUT2D eigenvalue weighted by Crippen LogP contribution is 2.34. The van der Waals surface area contributed by atoms with Crippen molar-refractivity contribution >= 4 is 29.0 Å². The van der Waals surface area contributed by atoms with Gasteiger partial charge in [-0.1, -0.05) is 37.0 Å². The van der Waals surface area contributed by atoms with Crippen molar-refractivity contribution in [3.63, 3.8) is 0 Å². The quantitative estimate of drug-likeness (QED) is 0.924. The molecular formula is C14H17Cl2N3. The maximum Gasteiger partial charge on any atom is 0.125 e. The van der Waals surface area contributed by atoms with Gasteiger partial charge in [0.15, 0.2) is 0 Å². The van der Waals surface area contributed by atoms with E-state index in [0.717, 1.165) is 23.2 Å². The second kappa shape index (κ2) is 5.43. The van der Waals surface area contributed by atoms with Gasteiger partial charge in [-0.05, 0) is 30.5 Å². The SMILES string of the molecule is CC(C)Cc1c(-c2ccc(Cl)cc2Cl)nn(C)c1N. The van der Waals surface area contributed by atoms with Crippen LogP contribution in [-0.4, -0.2) is 9.78 Å². The van der Waals surface area contributed by atoms with Crippen LogP contribution in [0.1, 0.15) is 19.4 Å². The fourth-order valence-corrected chi connectivity index (χ4v) is 2.59. The van der Waals surface area contributed by atoms with Crippen molar-refractivity contribution in [2.45, 2.75) is 20.3 Å². The number of nitrogens with two attached hydrogens (primary N) is 1. The predicted octanol–water partition coefficient (Wildman–Crippen LogP) is 4.17. The molecule has 0 radical (unpaired) electrons. The minimum Gasteiger partial charge on any atom is -0.384 e. The number of aromatic nitrogens is 2. The molecule has 2 N–H and O–H groups in total. The van der Waals surface area contributed by atoms with E-state index in [2.05, 4.69) is 18.9 Å². The molecule has 1 heterocycles. The van der Waals surface area contributed by atoms with Gasteiger partial charge < -0.3 is 5.73 Å². The van der Waals surface area contributed by atoms with E-state index in [4.69, 9.17) is 28.9 Å². The normalized spacial score (nSPS) is 11.3. The molecule has 0 atom stereocenters. The molecule has 0 amide bonds. The van der Waals surface area contributed by atoms with Gasteiger partial charge in [-0.15, -0.1) is 0 Å². The minimum absolute atomic E-state index is 0.497. The number of hydrogen-bond acceptors (Lipinski definition) is 2. The van der Waals surface area contributed by atoms with Gasteiger partial charge in [0.25, 0.3) is 0 Å². The lowest BCUT2D eigenvalue weighted by Gasteiger charge is -2.08. The number of aryl methyl sites for hydroxylation is 1. The summed E-state index contributed by atoms with van der Waals surface area (Å²) in [5.41, 5.74) is 8.86. The van der Waals surface area contributed by atoms with E-state index in [9.17, 15) is 0 Å². The summed E-state index contributed by atoms with van der Waals surface area (Å²) < 4.78 is 1.69. The molecule has 2 aromatic rings. The van der Waals surface area contributed by atoms with Crippen LogP contribution in [0.25, 0.3) is 11.3 Å². The molecule has 0 saturated carbocycles. The van der Waals surface area contributed by atoms with Crippen LogP contribution in [0.15, 0.2) is 18.2 Å². The number of anilines is 1. The molecule has 2 rings (SSSR count). The van der Waals surface area contributed by atoms with E-state index in [1.807, 2.05) is 19.2 Å². The fraction of sp³-hybridized carbons (Fsp3) is 0.357. The van der Waals surface area contributed by atoms with Crippen molar-refractivity contribution in [1.29, 1.82) is 0 Å². The third-order valence-corrected chi connectivity index (χ3v) is 3.54. The Labute approximate surface area is 123 Å². The molecular weight excluding hydrogens is 281 g/mol. The van der Waals surface area contributed by atoms with Crippen LogP contribution in [0.5, 0.6) is 0 Å². The molecule has 0 fully saturated rings. The number of rotatable bonds is 3. The smallest absolute Gasteiger partial charge is 0.125 e. The van der Waals surface area contributed by atoms with E-state index in [1.54, 1.807) is 10.7 Å². The van der Waals surface area contributed by atoms with E-state index in [0.29, 0.717) is 21.8 Å². The first-order chi connectivity index (χ1) is 8.90. The van der Waals surface area contributed by atoms with Crippen LogP contribution in [-0.2, 0) is 13.5 Å². The van der Waals surface area contributed by atoms with E-state index in [-0.39, 0.29) is 0 Å². The van der Waals surface area contributed by atoms with Crippen LogP contribution in [0.3, 0.4) is 0 Å². The zero-order valence-electron chi connectivity index (χ0n) is 11.2. The molecule has 3 nitrogen and oxygen atoms in total. The molecule has 0 saturated heterocycles. The molecule has 0 spiro atoms. The Morgan fingerprint density at radius 1 is 1.32 bits per heavy atom. The summed E-state index contributed by atoms with van der Waals surface area (Å²) in [5.74, 6) is 1.19. The lowest BCUT2D eigenvalue weighted by molar-refractivity contribution is 0.648. The van der Waals surface area contributed by atoms with Crippen LogP contribution in [0.4, 0.5) is 5.82 Å². The summed E-state index contributed by atoms with van der Waals surface area (Å²) in [6.07, 6.45) is 0.869. The summed E-state index contributed by atoms with van der Waals surface area (Å²) in [6.45, 7) is 4.30. The van der Waals surface area contributed by atoms with Crippen molar-refractivity contribution < 1.29 is 0 Å².